The number of rotatable bonds is 8. The molecule has 6 heteroatoms. The van der Waals surface area contributed by atoms with Gasteiger partial charge < -0.3 is 19.0 Å². The Kier molecular flexibility index (Phi) is 7.23. The molecule has 1 aromatic heterocycles. The molecule has 0 amide bonds. The largest absolute Gasteiger partial charge is 0.508 e. The van der Waals surface area contributed by atoms with Gasteiger partial charge in [0.1, 0.15) is 35.2 Å². The van der Waals surface area contributed by atoms with Gasteiger partial charge in [-0.2, -0.15) is 0 Å². The molecule has 0 radical (unpaired) electrons. The predicted octanol–water partition coefficient (Wildman–Crippen LogP) is 6.30. The molecule has 0 spiro atoms. The van der Waals surface area contributed by atoms with E-state index in [1.807, 2.05) is 24.3 Å². The lowest BCUT2D eigenvalue weighted by molar-refractivity contribution is 0.104. The molecule has 1 N–H and O–H groups in total. The third-order valence-corrected chi connectivity index (χ3v) is 6.75. The van der Waals surface area contributed by atoms with Crippen LogP contribution in [-0.4, -0.2) is 49.1 Å². The highest BCUT2D eigenvalue weighted by atomic mass is 16.5. The minimum absolute atomic E-state index is 0.141. The van der Waals surface area contributed by atoms with Crippen molar-refractivity contribution >= 4 is 16.8 Å². The van der Waals surface area contributed by atoms with E-state index in [4.69, 9.17) is 13.9 Å². The molecule has 4 aromatic rings. The van der Waals surface area contributed by atoms with Gasteiger partial charge in [-0.1, -0.05) is 12.8 Å². The summed E-state index contributed by atoms with van der Waals surface area (Å²) in [6.07, 6.45) is 5.17. The number of phenolic OH excluding ortho intramolecular Hbond substituents is 1. The minimum atomic E-state index is -0.141. The molecule has 1 aliphatic rings. The lowest BCUT2D eigenvalue weighted by Gasteiger charge is -2.19. The van der Waals surface area contributed by atoms with Crippen LogP contribution in [0.4, 0.5) is 0 Å². The SMILES string of the molecule is COc1ccc2c(C(=O)c3ccc(OCCN4CCCCCC4)cc3)c(-c3ccc(O)cc3)oc2c1. The fourth-order valence-electron chi connectivity index (χ4n) is 4.74. The van der Waals surface area contributed by atoms with Gasteiger partial charge in [-0.15, -0.1) is 0 Å². The highest BCUT2D eigenvalue weighted by Crippen LogP contribution is 2.37. The second-order valence-corrected chi connectivity index (χ2v) is 9.17. The number of hydrogen-bond donors (Lipinski definition) is 1. The van der Waals surface area contributed by atoms with E-state index in [0.29, 0.717) is 45.8 Å². The average Bonchev–Trinajstić information content (AvgIpc) is 3.08. The van der Waals surface area contributed by atoms with Crippen LogP contribution in [0.5, 0.6) is 17.2 Å². The number of hydrogen-bond acceptors (Lipinski definition) is 6. The van der Waals surface area contributed by atoms with E-state index in [-0.39, 0.29) is 11.5 Å². The first kappa shape index (κ1) is 23.9. The fourth-order valence-corrected chi connectivity index (χ4v) is 4.74. The molecular formula is C30H31NO5. The molecule has 1 fully saturated rings. The number of furan rings is 1. The quantitative estimate of drug-likeness (QED) is 0.295. The molecule has 0 unspecified atom stereocenters. The zero-order chi connectivity index (χ0) is 24.9. The van der Waals surface area contributed by atoms with Crippen LogP contribution < -0.4 is 9.47 Å². The van der Waals surface area contributed by atoms with Gasteiger partial charge in [0, 0.05) is 29.1 Å². The number of methoxy groups -OCH3 is 1. The second kappa shape index (κ2) is 10.9. The van der Waals surface area contributed by atoms with Gasteiger partial charge in [-0.05, 0) is 86.6 Å². The Morgan fingerprint density at radius 1 is 0.917 bits per heavy atom. The molecule has 6 nitrogen and oxygen atoms in total. The molecule has 2 heterocycles. The number of likely N-dealkylation sites (tertiary alicyclic amines) is 1. The molecule has 0 atom stereocenters. The first-order valence-electron chi connectivity index (χ1n) is 12.5. The highest BCUT2D eigenvalue weighted by Gasteiger charge is 2.24. The van der Waals surface area contributed by atoms with E-state index >= 15 is 0 Å². The maximum atomic E-state index is 13.7. The van der Waals surface area contributed by atoms with Crippen LogP contribution in [0.3, 0.4) is 0 Å². The molecule has 0 aliphatic carbocycles. The van der Waals surface area contributed by atoms with Crippen molar-refractivity contribution in [1.29, 1.82) is 0 Å². The van der Waals surface area contributed by atoms with Gasteiger partial charge in [-0.3, -0.25) is 9.69 Å². The number of ketones is 1. The van der Waals surface area contributed by atoms with E-state index < -0.39 is 0 Å². The number of benzene rings is 3. The Morgan fingerprint density at radius 2 is 1.61 bits per heavy atom. The summed E-state index contributed by atoms with van der Waals surface area (Å²) in [5.41, 5.74) is 2.30. The number of carbonyl (C=O) groups excluding carboxylic acids is 1. The highest BCUT2D eigenvalue weighted by molar-refractivity contribution is 6.19. The first-order chi connectivity index (χ1) is 17.6. The maximum Gasteiger partial charge on any atom is 0.197 e. The predicted molar refractivity (Wildman–Crippen MR) is 140 cm³/mol. The number of fused-ring (bicyclic) bond motifs is 1. The summed E-state index contributed by atoms with van der Waals surface area (Å²) < 4.78 is 17.4. The summed E-state index contributed by atoms with van der Waals surface area (Å²) in [5.74, 6) is 1.87. The average molecular weight is 486 g/mol. The van der Waals surface area contributed by atoms with Crippen molar-refractivity contribution in [3.05, 3.63) is 77.9 Å². The Bertz CT molecular complexity index is 1320. The normalized spacial score (nSPS) is 14.5. The van der Waals surface area contributed by atoms with Gasteiger partial charge in [0.15, 0.2) is 5.78 Å². The Labute approximate surface area is 211 Å². The number of aromatic hydroxyl groups is 1. The summed E-state index contributed by atoms with van der Waals surface area (Å²) in [5, 5.41) is 10.4. The zero-order valence-corrected chi connectivity index (χ0v) is 20.5. The van der Waals surface area contributed by atoms with Crippen LogP contribution in [0, 0.1) is 0 Å². The van der Waals surface area contributed by atoms with Gasteiger partial charge in [0.25, 0.3) is 0 Å². The lowest BCUT2D eigenvalue weighted by atomic mass is 9.97. The molecule has 5 rings (SSSR count). The lowest BCUT2D eigenvalue weighted by Crippen LogP contribution is -2.29. The molecule has 0 saturated carbocycles. The van der Waals surface area contributed by atoms with Crippen molar-refractivity contribution < 1.29 is 23.8 Å². The van der Waals surface area contributed by atoms with Crippen molar-refractivity contribution in [3.8, 4) is 28.6 Å². The summed E-state index contributed by atoms with van der Waals surface area (Å²) in [6, 6.07) is 19.4. The van der Waals surface area contributed by atoms with Crippen LogP contribution >= 0.6 is 0 Å². The van der Waals surface area contributed by atoms with Crippen molar-refractivity contribution in [2.24, 2.45) is 0 Å². The van der Waals surface area contributed by atoms with Crippen LogP contribution in [0.2, 0.25) is 0 Å². The van der Waals surface area contributed by atoms with Crippen molar-refractivity contribution in [2.75, 3.05) is 33.4 Å². The number of phenols is 1. The molecular weight excluding hydrogens is 454 g/mol. The molecule has 36 heavy (non-hydrogen) atoms. The molecule has 1 aliphatic heterocycles. The van der Waals surface area contributed by atoms with Crippen molar-refractivity contribution in [1.82, 2.24) is 4.90 Å². The zero-order valence-electron chi connectivity index (χ0n) is 20.5. The van der Waals surface area contributed by atoms with E-state index in [9.17, 15) is 9.90 Å². The van der Waals surface area contributed by atoms with E-state index in [1.54, 1.807) is 49.6 Å². The van der Waals surface area contributed by atoms with Gasteiger partial charge in [0.05, 0.1) is 12.7 Å². The van der Waals surface area contributed by atoms with E-state index in [0.717, 1.165) is 25.4 Å². The molecule has 0 bridgehead atoms. The number of carbonyl (C=O) groups is 1. The summed E-state index contributed by atoms with van der Waals surface area (Å²) in [7, 11) is 1.59. The first-order valence-corrected chi connectivity index (χ1v) is 12.5. The van der Waals surface area contributed by atoms with Crippen LogP contribution in [0.1, 0.15) is 41.6 Å². The Balaban J connectivity index is 1.38. The number of ether oxygens (including phenoxy) is 2. The summed E-state index contributed by atoms with van der Waals surface area (Å²) in [4.78, 5) is 16.2. The number of nitrogens with zero attached hydrogens (tertiary/aromatic N) is 1. The molecule has 186 valence electrons. The Morgan fingerprint density at radius 3 is 2.31 bits per heavy atom. The summed E-state index contributed by atoms with van der Waals surface area (Å²) >= 11 is 0. The van der Waals surface area contributed by atoms with Crippen molar-refractivity contribution in [3.63, 3.8) is 0 Å². The van der Waals surface area contributed by atoms with E-state index in [2.05, 4.69) is 4.90 Å². The second-order valence-electron chi connectivity index (χ2n) is 9.17. The standard InChI is InChI=1S/C30H31NO5/c1-34-25-14-15-26-27(20-25)36-30(22-6-10-23(32)11-7-22)28(26)29(33)21-8-12-24(13-9-21)35-19-18-31-16-4-2-3-5-17-31/h6-15,20,32H,2-5,16-19H2,1H3. The summed E-state index contributed by atoms with van der Waals surface area (Å²) in [6.45, 7) is 3.84. The Hall–Kier alpha value is -3.77. The third-order valence-electron chi connectivity index (χ3n) is 6.75. The molecule has 1 saturated heterocycles. The third kappa shape index (κ3) is 5.24. The topological polar surface area (TPSA) is 72.1 Å². The van der Waals surface area contributed by atoms with Crippen molar-refractivity contribution in [2.45, 2.75) is 25.7 Å². The van der Waals surface area contributed by atoms with Gasteiger partial charge in [0.2, 0.25) is 0 Å². The monoisotopic (exact) mass is 485 g/mol. The van der Waals surface area contributed by atoms with Gasteiger partial charge in [-0.25, -0.2) is 0 Å². The fraction of sp³-hybridized carbons (Fsp3) is 0.300. The molecule has 3 aromatic carbocycles. The van der Waals surface area contributed by atoms with E-state index in [1.165, 1.54) is 25.7 Å². The van der Waals surface area contributed by atoms with Crippen LogP contribution in [0.25, 0.3) is 22.3 Å². The van der Waals surface area contributed by atoms with Crippen LogP contribution in [0.15, 0.2) is 71.1 Å². The maximum absolute atomic E-state index is 13.7. The minimum Gasteiger partial charge on any atom is -0.508 e. The smallest absolute Gasteiger partial charge is 0.197 e. The van der Waals surface area contributed by atoms with Gasteiger partial charge >= 0.3 is 0 Å². The van der Waals surface area contributed by atoms with Crippen LogP contribution in [-0.2, 0) is 0 Å².